The molecule has 1 amide bonds. The third-order valence-electron chi connectivity index (χ3n) is 6.52. The number of furan rings is 1. The molecule has 198 valence electrons. The number of carbonyl (C=O) groups excluding carboxylic acids is 1. The minimum atomic E-state index is -0.615. The predicted octanol–water partition coefficient (Wildman–Crippen LogP) is 6.83. The summed E-state index contributed by atoms with van der Waals surface area (Å²) in [6, 6.07) is 19.3. The molecule has 3 aromatic carbocycles. The first-order chi connectivity index (χ1) is 19.4. The van der Waals surface area contributed by atoms with Crippen molar-refractivity contribution in [3.05, 3.63) is 106 Å². The van der Waals surface area contributed by atoms with Gasteiger partial charge in [-0.05, 0) is 48.5 Å². The standard InChI is InChI=1S/C30H20FN3O4S2/c1-16-20-11-22-23(17-7-9-19(31)10-8-17)14-37-25(22)13-26(20)38-28(36)21(16)12-27(35)33-29(39)34-30-32-24(15-40-30)18-5-3-2-4-6-18/h2-11,13-15H,12H2,1H3,(H2,32,33,34,35,39). The molecule has 0 fully saturated rings. The lowest BCUT2D eigenvalue weighted by atomic mass is 9.99. The van der Waals surface area contributed by atoms with Crippen LogP contribution in [0.25, 0.3) is 44.3 Å². The van der Waals surface area contributed by atoms with E-state index >= 15 is 0 Å². The van der Waals surface area contributed by atoms with E-state index in [9.17, 15) is 14.0 Å². The highest BCUT2D eigenvalue weighted by molar-refractivity contribution is 7.80. The Balaban J connectivity index is 1.22. The molecular formula is C30H20FN3O4S2. The van der Waals surface area contributed by atoms with Crippen LogP contribution in [0.15, 0.2) is 92.0 Å². The lowest BCUT2D eigenvalue weighted by Gasteiger charge is -2.10. The molecule has 7 nitrogen and oxygen atoms in total. The molecule has 0 unspecified atom stereocenters. The molecule has 2 N–H and O–H groups in total. The van der Waals surface area contributed by atoms with Gasteiger partial charge < -0.3 is 19.5 Å². The van der Waals surface area contributed by atoms with E-state index in [1.54, 1.807) is 31.4 Å². The summed E-state index contributed by atoms with van der Waals surface area (Å²) in [6.07, 6.45) is 1.35. The maximum Gasteiger partial charge on any atom is 0.340 e. The van der Waals surface area contributed by atoms with Gasteiger partial charge in [-0.15, -0.1) is 11.3 Å². The molecule has 6 rings (SSSR count). The van der Waals surface area contributed by atoms with Crippen LogP contribution in [0.1, 0.15) is 11.1 Å². The third kappa shape index (κ3) is 5.02. The van der Waals surface area contributed by atoms with Crippen molar-refractivity contribution in [1.82, 2.24) is 10.3 Å². The van der Waals surface area contributed by atoms with E-state index in [0.717, 1.165) is 27.8 Å². The number of benzene rings is 3. The number of thiocarbonyl (C=S) groups is 1. The largest absolute Gasteiger partial charge is 0.464 e. The van der Waals surface area contributed by atoms with Crippen LogP contribution in [0.4, 0.5) is 9.52 Å². The average Bonchev–Trinajstić information content (AvgIpc) is 3.58. The topological polar surface area (TPSA) is 97.4 Å². The summed E-state index contributed by atoms with van der Waals surface area (Å²) in [4.78, 5) is 30.2. The van der Waals surface area contributed by atoms with Gasteiger partial charge in [0.1, 0.15) is 17.0 Å². The van der Waals surface area contributed by atoms with Gasteiger partial charge >= 0.3 is 5.63 Å². The summed E-state index contributed by atoms with van der Waals surface area (Å²) in [5.74, 6) is -0.802. The number of hydrogen-bond acceptors (Lipinski definition) is 7. The van der Waals surface area contributed by atoms with Crippen molar-refractivity contribution in [2.75, 3.05) is 5.32 Å². The van der Waals surface area contributed by atoms with Gasteiger partial charge in [0.2, 0.25) is 5.91 Å². The molecule has 0 atom stereocenters. The maximum absolute atomic E-state index is 13.4. The van der Waals surface area contributed by atoms with Crippen molar-refractivity contribution in [2.45, 2.75) is 13.3 Å². The van der Waals surface area contributed by atoms with Gasteiger partial charge in [-0.2, -0.15) is 0 Å². The molecule has 0 aliphatic heterocycles. The first kappa shape index (κ1) is 25.6. The van der Waals surface area contributed by atoms with E-state index in [0.29, 0.717) is 27.2 Å². The molecule has 6 aromatic rings. The van der Waals surface area contributed by atoms with E-state index in [1.807, 2.05) is 41.8 Å². The van der Waals surface area contributed by atoms with Crippen LogP contribution in [0.5, 0.6) is 0 Å². The molecule has 0 bridgehead atoms. The van der Waals surface area contributed by atoms with E-state index in [-0.39, 0.29) is 22.9 Å². The number of nitrogens with zero attached hydrogens (tertiary/aromatic N) is 1. The zero-order valence-electron chi connectivity index (χ0n) is 21.0. The number of aromatic nitrogens is 1. The second-order valence-corrected chi connectivity index (χ2v) is 10.3. The maximum atomic E-state index is 13.4. The quantitative estimate of drug-likeness (QED) is 0.173. The van der Waals surface area contributed by atoms with Crippen molar-refractivity contribution in [3.63, 3.8) is 0 Å². The summed E-state index contributed by atoms with van der Waals surface area (Å²) >= 11 is 6.66. The van der Waals surface area contributed by atoms with Crippen molar-refractivity contribution in [3.8, 4) is 22.4 Å². The summed E-state index contributed by atoms with van der Waals surface area (Å²) in [6.45, 7) is 1.77. The highest BCUT2D eigenvalue weighted by Gasteiger charge is 2.19. The minimum Gasteiger partial charge on any atom is -0.464 e. The number of aryl methyl sites for hydroxylation is 1. The molecule has 0 saturated heterocycles. The lowest BCUT2D eigenvalue weighted by molar-refractivity contribution is -0.119. The van der Waals surface area contributed by atoms with Gasteiger partial charge in [-0.1, -0.05) is 42.5 Å². The van der Waals surface area contributed by atoms with E-state index in [4.69, 9.17) is 21.1 Å². The number of carbonyl (C=O) groups is 1. The number of hydrogen-bond donors (Lipinski definition) is 2. The lowest BCUT2D eigenvalue weighted by Crippen LogP contribution is -2.36. The Morgan fingerprint density at radius 3 is 2.58 bits per heavy atom. The Morgan fingerprint density at radius 2 is 1.80 bits per heavy atom. The fourth-order valence-corrected chi connectivity index (χ4v) is 5.50. The van der Waals surface area contributed by atoms with Gasteiger partial charge in [0.15, 0.2) is 10.2 Å². The monoisotopic (exact) mass is 569 g/mol. The van der Waals surface area contributed by atoms with Crippen molar-refractivity contribution in [2.24, 2.45) is 0 Å². The SMILES string of the molecule is Cc1c(CC(=O)NC(=S)Nc2nc(-c3ccccc3)cs2)c(=O)oc2cc3occ(-c4ccc(F)cc4)c3cc12. The molecule has 10 heteroatoms. The van der Waals surface area contributed by atoms with Crippen LogP contribution in [0.3, 0.4) is 0 Å². The van der Waals surface area contributed by atoms with E-state index in [1.165, 1.54) is 23.5 Å². The van der Waals surface area contributed by atoms with Crippen molar-refractivity contribution >= 4 is 61.6 Å². The average molecular weight is 570 g/mol. The number of nitrogens with one attached hydrogen (secondary N) is 2. The highest BCUT2D eigenvalue weighted by Crippen LogP contribution is 2.34. The van der Waals surface area contributed by atoms with Crippen LogP contribution in [0.2, 0.25) is 0 Å². The molecule has 3 aromatic heterocycles. The third-order valence-corrected chi connectivity index (χ3v) is 7.48. The van der Waals surface area contributed by atoms with Crippen LogP contribution < -0.4 is 16.3 Å². The number of thiazole rings is 1. The molecule has 40 heavy (non-hydrogen) atoms. The summed E-state index contributed by atoms with van der Waals surface area (Å²) in [5, 5.41) is 9.47. The fourth-order valence-electron chi connectivity index (χ4n) is 4.50. The second kappa shape index (κ2) is 10.5. The number of fused-ring (bicyclic) bond motifs is 2. The van der Waals surface area contributed by atoms with E-state index < -0.39 is 11.5 Å². The van der Waals surface area contributed by atoms with Gasteiger partial charge in [0, 0.05) is 33.3 Å². The summed E-state index contributed by atoms with van der Waals surface area (Å²) in [5.41, 5.74) is 4.40. The molecule has 0 radical (unpaired) electrons. The number of halogens is 1. The van der Waals surface area contributed by atoms with Crippen LogP contribution in [0, 0.1) is 12.7 Å². The van der Waals surface area contributed by atoms with Crippen LogP contribution >= 0.6 is 23.6 Å². The Labute approximate surface area is 236 Å². The van der Waals surface area contributed by atoms with Crippen molar-refractivity contribution < 1.29 is 18.0 Å². The Morgan fingerprint density at radius 1 is 1.02 bits per heavy atom. The first-order valence-electron chi connectivity index (χ1n) is 12.2. The number of amides is 1. The second-order valence-electron chi connectivity index (χ2n) is 9.08. The van der Waals surface area contributed by atoms with Gasteiger partial charge in [0.05, 0.1) is 23.9 Å². The number of anilines is 1. The van der Waals surface area contributed by atoms with E-state index in [2.05, 4.69) is 15.6 Å². The zero-order chi connectivity index (χ0) is 27.8. The molecule has 0 saturated carbocycles. The van der Waals surface area contributed by atoms with Crippen LogP contribution in [-0.4, -0.2) is 16.0 Å². The molecule has 0 aliphatic rings. The molecule has 3 heterocycles. The van der Waals surface area contributed by atoms with Gasteiger partial charge in [-0.25, -0.2) is 14.2 Å². The smallest absolute Gasteiger partial charge is 0.340 e. The minimum absolute atomic E-state index is 0.0748. The molecular weight excluding hydrogens is 549 g/mol. The summed E-state index contributed by atoms with van der Waals surface area (Å²) < 4.78 is 24.7. The van der Waals surface area contributed by atoms with Crippen LogP contribution in [-0.2, 0) is 11.2 Å². The Hall–Kier alpha value is -4.67. The zero-order valence-corrected chi connectivity index (χ0v) is 22.6. The van der Waals surface area contributed by atoms with Crippen molar-refractivity contribution in [1.29, 1.82) is 0 Å². The normalized spacial score (nSPS) is 11.2. The van der Waals surface area contributed by atoms with Gasteiger partial charge in [-0.3, -0.25) is 4.79 Å². The fraction of sp³-hybridized carbons (Fsp3) is 0.0667. The Kier molecular flexibility index (Phi) is 6.71. The highest BCUT2D eigenvalue weighted by atomic mass is 32.1. The first-order valence-corrected chi connectivity index (χ1v) is 13.5. The number of rotatable bonds is 5. The Bertz CT molecular complexity index is 1960. The van der Waals surface area contributed by atoms with Gasteiger partial charge in [0.25, 0.3) is 0 Å². The molecule has 0 aliphatic carbocycles. The molecule has 0 spiro atoms. The predicted molar refractivity (Wildman–Crippen MR) is 158 cm³/mol. The summed E-state index contributed by atoms with van der Waals surface area (Å²) in [7, 11) is 0.